The van der Waals surface area contributed by atoms with E-state index in [9.17, 15) is 9.59 Å². The highest BCUT2D eigenvalue weighted by Crippen LogP contribution is 2.26. The Morgan fingerprint density at radius 1 is 1.47 bits per heavy atom. The summed E-state index contributed by atoms with van der Waals surface area (Å²) < 4.78 is 5.47. The van der Waals surface area contributed by atoms with Crippen LogP contribution in [-0.4, -0.2) is 23.0 Å². The predicted molar refractivity (Wildman–Crippen MR) is 62.6 cm³/mol. The van der Waals surface area contributed by atoms with Crippen LogP contribution in [0.25, 0.3) is 0 Å². The van der Waals surface area contributed by atoms with Crippen molar-refractivity contribution in [1.29, 1.82) is 0 Å². The Bertz CT molecular complexity index is 442. The van der Waals surface area contributed by atoms with Crippen molar-refractivity contribution in [1.82, 2.24) is 5.32 Å². The van der Waals surface area contributed by atoms with Gasteiger partial charge in [-0.25, -0.2) is 0 Å². The first-order valence-electron chi connectivity index (χ1n) is 5.34. The summed E-state index contributed by atoms with van der Waals surface area (Å²) in [7, 11) is 0. The van der Waals surface area contributed by atoms with Crippen LogP contribution < -0.4 is 5.32 Å². The first kappa shape index (κ1) is 12.2. The zero-order chi connectivity index (χ0) is 12.4. The van der Waals surface area contributed by atoms with Crippen LogP contribution in [0.1, 0.15) is 29.6 Å². The van der Waals surface area contributed by atoms with Gasteiger partial charge in [-0.2, -0.15) is 0 Å². The number of halogens is 1. The summed E-state index contributed by atoms with van der Waals surface area (Å²) in [5.41, 5.74) is 0.440. The molecule has 1 aromatic heterocycles. The van der Waals surface area contributed by atoms with Gasteiger partial charge in [-0.1, -0.05) is 0 Å². The molecule has 17 heavy (non-hydrogen) atoms. The van der Waals surface area contributed by atoms with Gasteiger partial charge in [0.1, 0.15) is 6.26 Å². The highest BCUT2D eigenvalue weighted by molar-refractivity contribution is 9.10. The molecule has 2 rings (SSSR count). The van der Waals surface area contributed by atoms with E-state index in [4.69, 9.17) is 9.52 Å². The first-order valence-corrected chi connectivity index (χ1v) is 6.13. The van der Waals surface area contributed by atoms with Crippen LogP contribution in [0.5, 0.6) is 0 Å². The molecule has 0 radical (unpaired) electrons. The number of aliphatic carboxylic acids is 1. The van der Waals surface area contributed by atoms with Gasteiger partial charge in [-0.3, -0.25) is 9.59 Å². The summed E-state index contributed by atoms with van der Waals surface area (Å²) in [5.74, 6) is -1.35. The molecule has 1 amide bonds. The number of hydrogen-bond acceptors (Lipinski definition) is 3. The Morgan fingerprint density at radius 2 is 2.24 bits per heavy atom. The molecule has 0 saturated heterocycles. The van der Waals surface area contributed by atoms with Gasteiger partial charge < -0.3 is 14.8 Å². The first-order chi connectivity index (χ1) is 8.06. The van der Waals surface area contributed by atoms with E-state index in [2.05, 4.69) is 21.2 Å². The van der Waals surface area contributed by atoms with E-state index >= 15 is 0 Å². The molecular formula is C11H12BrNO4. The molecular weight excluding hydrogens is 290 g/mol. The highest BCUT2D eigenvalue weighted by Gasteiger charge is 2.30. The van der Waals surface area contributed by atoms with Crippen LogP contribution in [0.4, 0.5) is 0 Å². The zero-order valence-corrected chi connectivity index (χ0v) is 10.6. The van der Waals surface area contributed by atoms with Crippen molar-refractivity contribution in [2.45, 2.75) is 25.3 Å². The van der Waals surface area contributed by atoms with Gasteiger partial charge in [0, 0.05) is 12.1 Å². The number of hydrogen-bond donors (Lipinski definition) is 2. The summed E-state index contributed by atoms with van der Waals surface area (Å²) >= 11 is 3.12. The molecule has 1 aliphatic rings. The SMILES string of the molecule is O=C(N[C@H]1CC[C@@H](C(=O)O)C1)c1coc(Br)c1. The van der Waals surface area contributed by atoms with E-state index in [1.54, 1.807) is 6.07 Å². The third-order valence-electron chi connectivity index (χ3n) is 2.95. The summed E-state index contributed by atoms with van der Waals surface area (Å²) in [6, 6.07) is 1.52. The molecule has 1 fully saturated rings. The number of nitrogens with one attached hydrogen (secondary N) is 1. The molecule has 6 heteroatoms. The number of furan rings is 1. The molecule has 0 aromatic carbocycles. The van der Waals surface area contributed by atoms with Crippen LogP contribution in [0.3, 0.4) is 0 Å². The summed E-state index contributed by atoms with van der Waals surface area (Å²) in [5, 5.41) is 11.7. The van der Waals surface area contributed by atoms with E-state index in [0.717, 1.165) is 0 Å². The van der Waals surface area contributed by atoms with Crippen LogP contribution in [0.15, 0.2) is 21.4 Å². The Hall–Kier alpha value is -1.30. The number of carbonyl (C=O) groups is 2. The van der Waals surface area contributed by atoms with E-state index in [1.165, 1.54) is 6.26 Å². The molecule has 5 nitrogen and oxygen atoms in total. The highest BCUT2D eigenvalue weighted by atomic mass is 79.9. The average Bonchev–Trinajstić information content (AvgIpc) is 2.86. The maximum Gasteiger partial charge on any atom is 0.306 e. The molecule has 1 heterocycles. The van der Waals surface area contributed by atoms with E-state index < -0.39 is 5.97 Å². The lowest BCUT2D eigenvalue weighted by Gasteiger charge is -2.11. The lowest BCUT2D eigenvalue weighted by Crippen LogP contribution is -2.33. The van der Waals surface area contributed by atoms with Crippen molar-refractivity contribution in [2.24, 2.45) is 5.92 Å². The number of carboxylic acid groups (broad SMARTS) is 1. The minimum atomic E-state index is -0.784. The smallest absolute Gasteiger partial charge is 0.306 e. The standard InChI is InChI=1S/C11H12BrNO4/c12-9-4-7(5-17-9)10(14)13-8-2-1-6(3-8)11(15)16/h4-6,8H,1-3H2,(H,13,14)(H,15,16)/t6-,8+/m1/s1. The van der Waals surface area contributed by atoms with Crippen LogP contribution in [-0.2, 0) is 4.79 Å². The Balaban J connectivity index is 1.90. The third-order valence-corrected chi connectivity index (χ3v) is 3.36. The van der Waals surface area contributed by atoms with Gasteiger partial charge in [-0.15, -0.1) is 0 Å². The van der Waals surface area contributed by atoms with Crippen molar-refractivity contribution >= 4 is 27.8 Å². The summed E-state index contributed by atoms with van der Waals surface area (Å²) in [4.78, 5) is 22.5. The predicted octanol–water partition coefficient (Wildman–Crippen LogP) is 2.03. The number of carboxylic acids is 1. The largest absolute Gasteiger partial charge is 0.481 e. The maximum atomic E-state index is 11.8. The number of carbonyl (C=O) groups excluding carboxylic acids is 1. The Kier molecular flexibility index (Phi) is 3.51. The van der Waals surface area contributed by atoms with E-state index in [0.29, 0.717) is 29.5 Å². The monoisotopic (exact) mass is 301 g/mol. The second kappa shape index (κ2) is 4.91. The molecule has 0 spiro atoms. The topological polar surface area (TPSA) is 79.5 Å². The van der Waals surface area contributed by atoms with Crippen molar-refractivity contribution < 1.29 is 19.1 Å². The fraction of sp³-hybridized carbons (Fsp3) is 0.455. The van der Waals surface area contributed by atoms with Crippen LogP contribution >= 0.6 is 15.9 Å². The molecule has 1 aromatic rings. The van der Waals surface area contributed by atoms with Crippen molar-refractivity contribution in [3.05, 3.63) is 22.6 Å². The summed E-state index contributed by atoms with van der Waals surface area (Å²) in [6.45, 7) is 0. The van der Waals surface area contributed by atoms with Crippen LogP contribution in [0, 0.1) is 5.92 Å². The molecule has 0 aliphatic heterocycles. The maximum absolute atomic E-state index is 11.8. The second-order valence-electron chi connectivity index (χ2n) is 4.16. The van der Waals surface area contributed by atoms with E-state index in [-0.39, 0.29) is 17.9 Å². The van der Waals surface area contributed by atoms with Gasteiger partial charge in [0.15, 0.2) is 4.67 Å². The molecule has 2 atom stereocenters. The average molecular weight is 302 g/mol. The molecule has 1 aliphatic carbocycles. The fourth-order valence-corrected chi connectivity index (χ4v) is 2.37. The minimum absolute atomic E-state index is 0.0581. The Morgan fingerprint density at radius 3 is 2.76 bits per heavy atom. The van der Waals surface area contributed by atoms with Gasteiger partial charge in [0.25, 0.3) is 5.91 Å². The third kappa shape index (κ3) is 2.88. The lowest BCUT2D eigenvalue weighted by molar-refractivity contribution is -0.141. The normalized spacial score (nSPS) is 23.6. The van der Waals surface area contributed by atoms with E-state index in [1.807, 2.05) is 0 Å². The van der Waals surface area contributed by atoms with Crippen molar-refractivity contribution in [2.75, 3.05) is 0 Å². The van der Waals surface area contributed by atoms with Gasteiger partial charge in [-0.05, 0) is 35.2 Å². The van der Waals surface area contributed by atoms with Gasteiger partial charge in [0.05, 0.1) is 11.5 Å². The molecule has 2 N–H and O–H groups in total. The second-order valence-corrected chi connectivity index (χ2v) is 4.94. The van der Waals surface area contributed by atoms with Crippen LogP contribution in [0.2, 0.25) is 0 Å². The zero-order valence-electron chi connectivity index (χ0n) is 8.98. The van der Waals surface area contributed by atoms with Gasteiger partial charge >= 0.3 is 5.97 Å². The van der Waals surface area contributed by atoms with Crippen molar-refractivity contribution in [3.63, 3.8) is 0 Å². The number of rotatable bonds is 3. The number of amides is 1. The fourth-order valence-electron chi connectivity index (χ4n) is 2.03. The summed E-state index contributed by atoms with van der Waals surface area (Å²) in [6.07, 6.45) is 3.19. The van der Waals surface area contributed by atoms with Crippen molar-refractivity contribution in [3.8, 4) is 0 Å². The molecule has 1 saturated carbocycles. The Labute approximate surface area is 106 Å². The minimum Gasteiger partial charge on any atom is -0.481 e. The molecule has 0 unspecified atom stereocenters. The molecule has 0 bridgehead atoms. The lowest BCUT2D eigenvalue weighted by atomic mass is 10.1. The van der Waals surface area contributed by atoms with Gasteiger partial charge in [0.2, 0.25) is 0 Å². The quantitative estimate of drug-likeness (QED) is 0.895. The molecule has 92 valence electrons.